The lowest BCUT2D eigenvalue weighted by atomic mass is 10.1. The van der Waals surface area contributed by atoms with Gasteiger partial charge < -0.3 is 0 Å². The summed E-state index contributed by atoms with van der Waals surface area (Å²) in [5, 5.41) is 6.45. The molecule has 5 heteroatoms. The molecule has 1 saturated carbocycles. The molecule has 182 valence electrons. The number of nitrogens with zero attached hydrogens (tertiary/aromatic N) is 4. The van der Waals surface area contributed by atoms with Gasteiger partial charge >= 0.3 is 0 Å². The number of hydrogen-bond donors (Lipinski definition) is 1. The van der Waals surface area contributed by atoms with Crippen molar-refractivity contribution in [1.29, 1.82) is 0 Å². The summed E-state index contributed by atoms with van der Waals surface area (Å²) in [6.45, 7) is 16.7. The maximum Gasteiger partial charge on any atom is 0.115 e. The van der Waals surface area contributed by atoms with Crippen molar-refractivity contribution in [3.8, 4) is 0 Å². The van der Waals surface area contributed by atoms with E-state index in [1.165, 1.54) is 47.0 Å². The number of nitrogens with one attached hydrogen (secondary N) is 1. The van der Waals surface area contributed by atoms with Gasteiger partial charge in [-0.1, -0.05) is 44.0 Å². The highest BCUT2D eigenvalue weighted by Crippen LogP contribution is 2.26. The maximum absolute atomic E-state index is 3.98. The molecule has 3 aromatic heterocycles. The van der Waals surface area contributed by atoms with Gasteiger partial charge in [-0.2, -0.15) is 5.10 Å². The minimum absolute atomic E-state index is 1.08. The summed E-state index contributed by atoms with van der Waals surface area (Å²) < 4.78 is 0. The largest absolute Gasteiger partial charge is 0.283 e. The Labute approximate surface area is 206 Å². The van der Waals surface area contributed by atoms with Gasteiger partial charge in [0, 0.05) is 36.7 Å². The molecular weight excluding hydrogens is 418 g/mol. The quantitative estimate of drug-likeness (QED) is 0.301. The molecular formula is C29H41N5. The summed E-state index contributed by atoms with van der Waals surface area (Å²) in [6, 6.07) is 10.4. The van der Waals surface area contributed by atoms with Crippen LogP contribution in [0.4, 0.5) is 0 Å². The molecule has 0 radical (unpaired) electrons. The Kier molecular flexibility index (Phi) is 13.8. The van der Waals surface area contributed by atoms with E-state index in [2.05, 4.69) is 77.1 Å². The molecule has 0 unspecified atom stereocenters. The third kappa shape index (κ3) is 14.7. The number of pyridine rings is 1. The fourth-order valence-corrected chi connectivity index (χ4v) is 2.47. The molecule has 5 nitrogen and oxygen atoms in total. The molecule has 1 aliphatic rings. The number of aromatic amines is 1. The van der Waals surface area contributed by atoms with E-state index < -0.39 is 0 Å². The zero-order valence-electron chi connectivity index (χ0n) is 22.1. The van der Waals surface area contributed by atoms with E-state index in [1.54, 1.807) is 18.6 Å². The van der Waals surface area contributed by atoms with Crippen molar-refractivity contribution in [1.82, 2.24) is 25.1 Å². The van der Waals surface area contributed by atoms with Crippen molar-refractivity contribution in [2.75, 3.05) is 0 Å². The van der Waals surface area contributed by atoms with E-state index in [9.17, 15) is 0 Å². The van der Waals surface area contributed by atoms with Gasteiger partial charge in [-0.05, 0) is 93.8 Å². The lowest BCUT2D eigenvalue weighted by molar-refractivity contribution is 0.983. The van der Waals surface area contributed by atoms with Crippen LogP contribution < -0.4 is 0 Å². The standard InChI is InChI=1S/C9H12.C7H9N.C5H6N2.C4H6N2.C4H8/c1-7-5-4-6-8(2)9(7)3;1-6-3-7(2)5-8-4-6;1-5-2-6-4-7-3-5;1-4-2-3-5-6-4;1-4-2-3-4/h4-6H,1-3H3;3-5H,1-2H3;2-4H,1H3;2-3H,1H3,(H,5,6);4H,2-3H2,1H3. The van der Waals surface area contributed by atoms with Crippen LogP contribution in [0.1, 0.15) is 58.8 Å². The van der Waals surface area contributed by atoms with Crippen molar-refractivity contribution in [2.24, 2.45) is 5.92 Å². The van der Waals surface area contributed by atoms with E-state index in [1.807, 2.05) is 46.2 Å². The van der Waals surface area contributed by atoms with Gasteiger partial charge in [-0.15, -0.1) is 0 Å². The lowest BCUT2D eigenvalue weighted by Gasteiger charge is -2.00. The number of benzene rings is 1. The fourth-order valence-electron chi connectivity index (χ4n) is 2.47. The normalized spacial score (nSPS) is 11.2. The number of hydrogen-bond acceptors (Lipinski definition) is 4. The van der Waals surface area contributed by atoms with Crippen molar-refractivity contribution in [3.63, 3.8) is 0 Å². The van der Waals surface area contributed by atoms with Crippen molar-refractivity contribution >= 4 is 0 Å². The smallest absolute Gasteiger partial charge is 0.115 e. The molecule has 0 amide bonds. The highest BCUT2D eigenvalue weighted by Gasteiger charge is 2.12. The molecule has 5 rings (SSSR count). The van der Waals surface area contributed by atoms with Gasteiger partial charge in [0.2, 0.25) is 0 Å². The van der Waals surface area contributed by atoms with Gasteiger partial charge in [0.05, 0.1) is 0 Å². The summed E-state index contributed by atoms with van der Waals surface area (Å²) in [6.07, 6.45) is 13.5. The molecule has 0 aliphatic heterocycles. The zero-order valence-corrected chi connectivity index (χ0v) is 22.1. The van der Waals surface area contributed by atoms with Crippen LogP contribution in [-0.4, -0.2) is 25.1 Å². The van der Waals surface area contributed by atoms with Crippen LogP contribution in [-0.2, 0) is 0 Å². The zero-order chi connectivity index (χ0) is 25.3. The molecule has 1 aliphatic carbocycles. The Hall–Kier alpha value is -3.34. The average Bonchev–Trinajstić information content (AvgIpc) is 3.44. The predicted molar refractivity (Wildman–Crippen MR) is 143 cm³/mol. The van der Waals surface area contributed by atoms with Crippen LogP contribution in [0.5, 0.6) is 0 Å². The van der Waals surface area contributed by atoms with Crippen molar-refractivity contribution < 1.29 is 0 Å². The van der Waals surface area contributed by atoms with E-state index in [0.29, 0.717) is 0 Å². The third-order valence-corrected chi connectivity index (χ3v) is 5.08. The molecule has 0 saturated heterocycles. The van der Waals surface area contributed by atoms with Crippen LogP contribution in [0, 0.1) is 54.4 Å². The second kappa shape index (κ2) is 16.3. The van der Waals surface area contributed by atoms with E-state index >= 15 is 0 Å². The van der Waals surface area contributed by atoms with Gasteiger partial charge in [-0.3, -0.25) is 10.1 Å². The van der Waals surface area contributed by atoms with E-state index in [4.69, 9.17) is 0 Å². The molecule has 1 aromatic carbocycles. The first kappa shape index (κ1) is 28.7. The minimum atomic E-state index is 1.08. The molecule has 0 atom stereocenters. The number of H-pyrrole nitrogens is 1. The molecule has 0 bridgehead atoms. The molecule has 1 N–H and O–H groups in total. The van der Waals surface area contributed by atoms with E-state index in [-0.39, 0.29) is 0 Å². The Morgan fingerprint density at radius 2 is 1.21 bits per heavy atom. The summed E-state index contributed by atoms with van der Waals surface area (Å²) in [4.78, 5) is 11.5. The fraction of sp³-hybridized carbons (Fsp3) is 0.379. The molecule has 4 aromatic rings. The Morgan fingerprint density at radius 1 is 0.706 bits per heavy atom. The SMILES string of the molecule is CC1CC1.Cc1cccc(C)c1C.Cc1ccn[nH]1.Cc1cncc(C)c1.Cc1cncnc1. The van der Waals surface area contributed by atoms with Gasteiger partial charge in [0.1, 0.15) is 6.33 Å². The highest BCUT2D eigenvalue weighted by atomic mass is 15.1. The number of rotatable bonds is 0. The second-order valence-electron chi connectivity index (χ2n) is 8.89. The van der Waals surface area contributed by atoms with Crippen molar-refractivity contribution in [3.05, 3.63) is 107 Å². The monoisotopic (exact) mass is 459 g/mol. The maximum atomic E-state index is 3.98. The number of aromatic nitrogens is 5. The van der Waals surface area contributed by atoms with Gasteiger partial charge in [0.25, 0.3) is 0 Å². The number of aryl methyl sites for hydroxylation is 6. The molecule has 3 heterocycles. The molecule has 0 spiro atoms. The van der Waals surface area contributed by atoms with Crippen LogP contribution in [0.2, 0.25) is 0 Å². The average molecular weight is 460 g/mol. The summed E-state index contributed by atoms with van der Waals surface area (Å²) in [7, 11) is 0. The van der Waals surface area contributed by atoms with Crippen LogP contribution in [0.15, 0.2) is 67.6 Å². The first-order chi connectivity index (χ1) is 16.2. The second-order valence-corrected chi connectivity index (χ2v) is 8.89. The van der Waals surface area contributed by atoms with Gasteiger partial charge in [0.15, 0.2) is 0 Å². The first-order valence-electron chi connectivity index (χ1n) is 11.8. The Bertz CT molecular complexity index is 1000. The summed E-state index contributed by atoms with van der Waals surface area (Å²) in [5.74, 6) is 1.08. The van der Waals surface area contributed by atoms with Crippen LogP contribution in [0.25, 0.3) is 0 Å². The first-order valence-corrected chi connectivity index (χ1v) is 11.8. The Balaban J connectivity index is 0.000000217. The van der Waals surface area contributed by atoms with E-state index in [0.717, 1.165) is 17.2 Å². The highest BCUT2D eigenvalue weighted by molar-refractivity contribution is 5.31. The van der Waals surface area contributed by atoms with Crippen molar-refractivity contribution in [2.45, 2.75) is 68.2 Å². The summed E-state index contributed by atoms with van der Waals surface area (Å²) >= 11 is 0. The minimum Gasteiger partial charge on any atom is -0.283 e. The third-order valence-electron chi connectivity index (χ3n) is 5.08. The van der Waals surface area contributed by atoms with Crippen LogP contribution in [0.3, 0.4) is 0 Å². The van der Waals surface area contributed by atoms with Gasteiger partial charge in [-0.25, -0.2) is 9.97 Å². The Morgan fingerprint density at radius 3 is 1.44 bits per heavy atom. The molecule has 1 fully saturated rings. The predicted octanol–water partition coefficient (Wildman–Crippen LogP) is 7.23. The lowest BCUT2D eigenvalue weighted by Crippen LogP contribution is -1.82. The van der Waals surface area contributed by atoms with Crippen LogP contribution >= 0.6 is 0 Å². The molecule has 34 heavy (non-hydrogen) atoms. The summed E-state index contributed by atoms with van der Waals surface area (Å²) in [5.41, 5.74) is 8.84. The topological polar surface area (TPSA) is 67.3 Å².